The molecule has 0 aliphatic heterocycles. The Kier molecular flexibility index (Phi) is 11.8. The van der Waals surface area contributed by atoms with Crippen molar-refractivity contribution in [2.45, 2.75) is 9.79 Å². The van der Waals surface area contributed by atoms with E-state index in [4.69, 9.17) is 12.2 Å². The molecule has 0 radical (unpaired) electrons. The number of thiocarbonyl (C=S) groups is 1. The Hall–Kier alpha value is -0.310. The number of hydrogen-bond donors (Lipinski definition) is 2. The van der Waals surface area contributed by atoms with Gasteiger partial charge in [0, 0.05) is 12.7 Å². The van der Waals surface area contributed by atoms with E-state index in [0.717, 1.165) is 12.1 Å². The van der Waals surface area contributed by atoms with Gasteiger partial charge < -0.3 is 19.7 Å². The average Bonchev–Trinajstić information content (AvgIpc) is 2.59. The molecule has 144 valence electrons. The Morgan fingerprint density at radius 2 is 1.41 bits per heavy atom. The van der Waals surface area contributed by atoms with E-state index in [2.05, 4.69) is 10.6 Å². The topological polar surface area (TPSA) is 138 Å². The molecule has 0 unspecified atom stereocenters. The standard InChI is InChI=1S/C16H16N2O6S3.2Na/c1-17-16(25)18-13-9-8-12(15(10-13)27(22,23)24)7-6-11-4-2-3-5-14(11)26(19,20)21;;/h2-10H,1H3,(H2,17,18,25)(H,19,20,21)(H,22,23,24);;/q;2*+1/p-2/b7-6+;;. The van der Waals surface area contributed by atoms with E-state index in [1.807, 2.05) is 0 Å². The van der Waals surface area contributed by atoms with Crippen LogP contribution in [0, 0.1) is 0 Å². The molecule has 13 heteroatoms. The zero-order valence-electron chi connectivity index (χ0n) is 15.9. The molecule has 0 bridgehead atoms. The summed E-state index contributed by atoms with van der Waals surface area (Å²) in [6.07, 6.45) is 2.50. The Labute approximate surface area is 219 Å². The molecule has 0 heterocycles. The second-order valence-corrected chi connectivity index (χ2v) is 8.34. The molecular weight excluding hydrogens is 458 g/mol. The van der Waals surface area contributed by atoms with Gasteiger partial charge >= 0.3 is 59.1 Å². The van der Waals surface area contributed by atoms with E-state index >= 15 is 0 Å². The van der Waals surface area contributed by atoms with Gasteiger partial charge in [0.1, 0.15) is 20.2 Å². The smallest absolute Gasteiger partial charge is 0.744 e. The van der Waals surface area contributed by atoms with Gasteiger partial charge in [-0.25, -0.2) is 16.8 Å². The first-order valence-corrected chi connectivity index (χ1v) is 10.6. The molecular formula is C16H14N2Na2O6S3. The summed E-state index contributed by atoms with van der Waals surface area (Å²) in [5.74, 6) is 0. The quantitative estimate of drug-likeness (QED) is 0.191. The van der Waals surface area contributed by atoms with Gasteiger partial charge in [-0.15, -0.1) is 0 Å². The zero-order valence-corrected chi connectivity index (χ0v) is 22.3. The van der Waals surface area contributed by atoms with E-state index in [-0.39, 0.29) is 81.0 Å². The van der Waals surface area contributed by atoms with Crippen molar-refractivity contribution in [3.63, 3.8) is 0 Å². The Bertz CT molecular complexity index is 1120. The van der Waals surface area contributed by atoms with Gasteiger partial charge in [-0.05, 0) is 41.5 Å². The molecule has 2 aromatic rings. The zero-order chi connectivity index (χ0) is 20.2. The second-order valence-electron chi connectivity index (χ2n) is 5.24. The van der Waals surface area contributed by atoms with Gasteiger partial charge in [0.25, 0.3) is 0 Å². The van der Waals surface area contributed by atoms with Crippen molar-refractivity contribution in [1.82, 2.24) is 5.32 Å². The molecule has 2 aromatic carbocycles. The van der Waals surface area contributed by atoms with Gasteiger partial charge in [-0.2, -0.15) is 0 Å². The van der Waals surface area contributed by atoms with Crippen LogP contribution in [0.2, 0.25) is 0 Å². The van der Waals surface area contributed by atoms with Crippen molar-refractivity contribution in [2.24, 2.45) is 0 Å². The number of nitrogens with one attached hydrogen (secondary N) is 2. The molecule has 2 N–H and O–H groups in total. The van der Waals surface area contributed by atoms with E-state index < -0.39 is 30.0 Å². The van der Waals surface area contributed by atoms with Crippen molar-refractivity contribution in [3.8, 4) is 0 Å². The van der Waals surface area contributed by atoms with Crippen molar-refractivity contribution >= 4 is 55.4 Å². The maximum Gasteiger partial charge on any atom is 1.00 e. The first kappa shape index (κ1) is 28.7. The third-order valence-electron chi connectivity index (χ3n) is 3.40. The first-order valence-electron chi connectivity index (χ1n) is 7.34. The maximum absolute atomic E-state index is 11.6. The fourth-order valence-corrected chi connectivity index (χ4v) is 3.67. The van der Waals surface area contributed by atoms with Gasteiger partial charge in [0.2, 0.25) is 0 Å². The van der Waals surface area contributed by atoms with Gasteiger partial charge in [-0.3, -0.25) is 0 Å². The Morgan fingerprint density at radius 1 is 0.897 bits per heavy atom. The normalized spacial score (nSPS) is 11.3. The summed E-state index contributed by atoms with van der Waals surface area (Å²) in [6, 6.07) is 9.39. The van der Waals surface area contributed by atoms with Crippen LogP contribution in [0.3, 0.4) is 0 Å². The number of benzene rings is 2. The monoisotopic (exact) mass is 472 g/mol. The predicted octanol–water partition coefficient (Wildman–Crippen LogP) is -4.41. The minimum atomic E-state index is -4.83. The van der Waals surface area contributed by atoms with Crippen molar-refractivity contribution in [2.75, 3.05) is 12.4 Å². The molecule has 0 aliphatic rings. The summed E-state index contributed by atoms with van der Waals surface area (Å²) in [4.78, 5) is -0.976. The molecule has 8 nitrogen and oxygen atoms in total. The number of anilines is 1. The minimum absolute atomic E-state index is 0. The van der Waals surface area contributed by atoms with Crippen molar-refractivity contribution in [3.05, 3.63) is 53.6 Å². The Morgan fingerprint density at radius 3 is 1.93 bits per heavy atom. The third-order valence-corrected chi connectivity index (χ3v) is 5.51. The fourth-order valence-electron chi connectivity index (χ4n) is 2.19. The van der Waals surface area contributed by atoms with E-state index in [1.165, 1.54) is 42.5 Å². The minimum Gasteiger partial charge on any atom is -0.744 e. The van der Waals surface area contributed by atoms with E-state index in [0.29, 0.717) is 0 Å². The second kappa shape index (κ2) is 11.9. The summed E-state index contributed by atoms with van der Waals surface area (Å²) in [5, 5.41) is 5.58. The first-order chi connectivity index (χ1) is 12.5. The summed E-state index contributed by atoms with van der Waals surface area (Å²) < 4.78 is 68.7. The molecule has 0 spiro atoms. The van der Waals surface area contributed by atoms with Crippen LogP contribution in [0.1, 0.15) is 11.1 Å². The average molecular weight is 472 g/mol. The number of rotatable bonds is 5. The molecule has 0 atom stereocenters. The third kappa shape index (κ3) is 8.38. The molecule has 0 aliphatic carbocycles. The SMILES string of the molecule is CNC(=S)Nc1ccc(/C=C/c2ccccc2S(=O)(=O)[O-])c(S(=O)(=O)[O-])c1.[Na+].[Na+]. The van der Waals surface area contributed by atoms with Crippen LogP contribution in [0.25, 0.3) is 12.2 Å². The van der Waals surface area contributed by atoms with E-state index in [9.17, 15) is 25.9 Å². The van der Waals surface area contributed by atoms with Crippen LogP contribution in [-0.2, 0) is 20.2 Å². The van der Waals surface area contributed by atoms with Crippen LogP contribution in [0.4, 0.5) is 5.69 Å². The number of hydrogen-bond acceptors (Lipinski definition) is 7. The molecule has 2 rings (SSSR count). The van der Waals surface area contributed by atoms with Gasteiger partial charge in [0.15, 0.2) is 5.11 Å². The predicted molar refractivity (Wildman–Crippen MR) is 103 cm³/mol. The van der Waals surface area contributed by atoms with Gasteiger partial charge in [0.05, 0.1) is 9.79 Å². The maximum atomic E-state index is 11.6. The Balaban J connectivity index is 0.00000392. The fraction of sp³-hybridized carbons (Fsp3) is 0.0625. The molecule has 0 fully saturated rings. The summed E-state index contributed by atoms with van der Waals surface area (Å²) in [7, 11) is -7.97. The van der Waals surface area contributed by atoms with Crippen molar-refractivity contribution < 1.29 is 85.1 Å². The molecule has 0 aromatic heterocycles. The van der Waals surface area contributed by atoms with Crippen LogP contribution < -0.4 is 69.7 Å². The van der Waals surface area contributed by atoms with Gasteiger partial charge in [-0.1, -0.05) is 36.4 Å². The molecule has 0 saturated heterocycles. The largest absolute Gasteiger partial charge is 1.00 e. The van der Waals surface area contributed by atoms with Crippen LogP contribution in [0.5, 0.6) is 0 Å². The molecule has 29 heavy (non-hydrogen) atoms. The molecule has 0 saturated carbocycles. The summed E-state index contributed by atoms with van der Waals surface area (Å²) in [5.41, 5.74) is 0.382. The van der Waals surface area contributed by atoms with Crippen molar-refractivity contribution in [1.29, 1.82) is 0 Å². The van der Waals surface area contributed by atoms with E-state index in [1.54, 1.807) is 7.05 Å². The summed E-state index contributed by atoms with van der Waals surface area (Å²) >= 11 is 4.92. The molecule has 0 amide bonds. The van der Waals surface area contributed by atoms with Crippen LogP contribution >= 0.6 is 12.2 Å². The van der Waals surface area contributed by atoms with Crippen LogP contribution in [-0.4, -0.2) is 38.1 Å². The van der Waals surface area contributed by atoms with Crippen LogP contribution in [0.15, 0.2) is 52.3 Å². The summed E-state index contributed by atoms with van der Waals surface area (Å²) in [6.45, 7) is 0.